The van der Waals surface area contributed by atoms with Gasteiger partial charge in [-0.2, -0.15) is 0 Å². The maximum atomic E-state index is 0. The third kappa shape index (κ3) is 9.92. The van der Waals surface area contributed by atoms with Gasteiger partial charge in [0.25, 0.3) is 0 Å². The van der Waals surface area contributed by atoms with E-state index in [4.69, 9.17) is 0 Å². The van der Waals surface area contributed by atoms with Gasteiger partial charge in [0.05, 0.1) is 0 Å². The molecule has 4 heteroatoms. The summed E-state index contributed by atoms with van der Waals surface area (Å²) < 4.78 is 0. The topological polar surface area (TPSA) is 31.5 Å². The van der Waals surface area contributed by atoms with Gasteiger partial charge in [-0.1, -0.05) is 0 Å². The van der Waals surface area contributed by atoms with Crippen LogP contribution in [0.3, 0.4) is 0 Å². The van der Waals surface area contributed by atoms with Crippen molar-refractivity contribution in [2.24, 2.45) is 0 Å². The van der Waals surface area contributed by atoms with Crippen LogP contribution in [0.1, 0.15) is 0 Å². The van der Waals surface area contributed by atoms with E-state index in [2.05, 4.69) is 0 Å². The van der Waals surface area contributed by atoms with Crippen molar-refractivity contribution in [1.82, 2.24) is 0 Å². The summed E-state index contributed by atoms with van der Waals surface area (Å²) in [6.07, 6.45) is 0. The second kappa shape index (κ2) is 25.6. The zero-order chi connectivity index (χ0) is 0. The Labute approximate surface area is 55.5 Å². The standard InChI is InChI=1S/Al.H2O.Si.Ti/h;1H2;;. The van der Waals surface area contributed by atoms with Crippen molar-refractivity contribution in [3.05, 3.63) is 0 Å². The van der Waals surface area contributed by atoms with E-state index in [1.54, 1.807) is 0 Å². The van der Waals surface area contributed by atoms with Crippen LogP contribution >= 0.6 is 0 Å². The van der Waals surface area contributed by atoms with Crippen molar-refractivity contribution in [3.63, 3.8) is 0 Å². The van der Waals surface area contributed by atoms with E-state index in [-0.39, 0.29) is 55.5 Å². The van der Waals surface area contributed by atoms with Gasteiger partial charge in [0.15, 0.2) is 0 Å². The summed E-state index contributed by atoms with van der Waals surface area (Å²) in [5, 5.41) is 0. The first kappa shape index (κ1) is 52.4. The molecule has 0 aliphatic heterocycles. The Bertz CT molecular complexity index is 8.00. The maximum absolute atomic E-state index is 0. The second-order valence-electron chi connectivity index (χ2n) is 0. The fourth-order valence-corrected chi connectivity index (χ4v) is 0. The van der Waals surface area contributed by atoms with Crippen molar-refractivity contribution < 1.29 is 27.2 Å². The molecular formula is H2AlOSiTi. The SMILES string of the molecule is O.[Al].[Si].[Ti]. The summed E-state index contributed by atoms with van der Waals surface area (Å²) in [6, 6.07) is 0. The van der Waals surface area contributed by atoms with Gasteiger partial charge in [-0.25, -0.2) is 0 Å². The molecule has 1 nitrogen and oxygen atoms in total. The van der Waals surface area contributed by atoms with E-state index in [0.717, 1.165) is 0 Å². The molecule has 0 unspecified atom stereocenters. The molecule has 0 saturated heterocycles. The molecule has 0 saturated carbocycles. The Morgan fingerprint density at radius 1 is 1.00 bits per heavy atom. The first-order valence-corrected chi connectivity index (χ1v) is 0. The Morgan fingerprint density at radius 3 is 1.00 bits per heavy atom. The first-order valence-electron chi connectivity index (χ1n) is 0. The summed E-state index contributed by atoms with van der Waals surface area (Å²) in [5.74, 6) is 0. The molecule has 0 aliphatic carbocycles. The van der Waals surface area contributed by atoms with E-state index in [9.17, 15) is 0 Å². The largest absolute Gasteiger partial charge is 0.412 e. The van der Waals surface area contributed by atoms with Gasteiger partial charge in [-0.15, -0.1) is 0 Å². The quantitative estimate of drug-likeness (QED) is 0.346. The second-order valence-corrected chi connectivity index (χ2v) is 0. The predicted octanol–water partition coefficient (Wildman–Crippen LogP) is -1.59. The van der Waals surface area contributed by atoms with Crippen LogP contribution < -0.4 is 0 Å². The molecule has 0 spiro atoms. The van der Waals surface area contributed by atoms with Gasteiger partial charge in [0.2, 0.25) is 0 Å². The van der Waals surface area contributed by atoms with Crippen molar-refractivity contribution in [1.29, 1.82) is 0 Å². The van der Waals surface area contributed by atoms with E-state index in [1.165, 1.54) is 0 Å². The van der Waals surface area contributed by atoms with Crippen molar-refractivity contribution in [2.45, 2.75) is 0 Å². The summed E-state index contributed by atoms with van der Waals surface area (Å²) in [5.41, 5.74) is 0. The molecule has 0 amide bonds. The molecule has 0 bridgehead atoms. The molecule has 2 N–H and O–H groups in total. The predicted molar refractivity (Wildman–Crippen MR) is 15.1 cm³/mol. The van der Waals surface area contributed by atoms with Crippen LogP contribution in [0.5, 0.6) is 0 Å². The summed E-state index contributed by atoms with van der Waals surface area (Å²) >= 11 is 0. The average molecular weight is 121 g/mol. The van der Waals surface area contributed by atoms with Gasteiger partial charge in [0.1, 0.15) is 0 Å². The number of hydrogen-bond donors (Lipinski definition) is 0. The third-order valence-electron chi connectivity index (χ3n) is 0. The first-order chi connectivity index (χ1) is 0. The smallest absolute Gasteiger partial charge is 0 e. The van der Waals surface area contributed by atoms with Crippen molar-refractivity contribution >= 4 is 28.3 Å². The van der Waals surface area contributed by atoms with Crippen molar-refractivity contribution in [3.8, 4) is 0 Å². The minimum absolute atomic E-state index is 0. The Balaban J connectivity index is 0. The van der Waals surface area contributed by atoms with Crippen molar-refractivity contribution in [2.75, 3.05) is 0 Å². The fourth-order valence-electron chi connectivity index (χ4n) is 0. The van der Waals surface area contributed by atoms with Gasteiger partial charge in [0, 0.05) is 50.0 Å². The van der Waals surface area contributed by atoms with E-state index in [1.807, 2.05) is 0 Å². The zero-order valence-electron chi connectivity index (χ0n) is 2.08. The molecule has 19 valence electrons. The molecule has 0 fully saturated rings. The molecule has 0 aromatic rings. The summed E-state index contributed by atoms with van der Waals surface area (Å²) in [6.45, 7) is 0. The maximum Gasteiger partial charge on any atom is 0 e. The molecule has 0 rings (SSSR count). The Kier molecular flexibility index (Phi) is 335. The van der Waals surface area contributed by atoms with Crippen LogP contribution in [0.2, 0.25) is 0 Å². The molecule has 4 heavy (non-hydrogen) atoms. The zero-order valence-corrected chi connectivity index (χ0v) is 5.79. The Hall–Kier alpha value is 1.42. The van der Waals surface area contributed by atoms with Gasteiger partial charge in [-0.3, -0.25) is 0 Å². The summed E-state index contributed by atoms with van der Waals surface area (Å²) in [4.78, 5) is 0. The van der Waals surface area contributed by atoms with Crippen LogP contribution in [0.15, 0.2) is 0 Å². The molecular weight excluding hydrogens is 119 g/mol. The minimum Gasteiger partial charge on any atom is -0.412 e. The van der Waals surface area contributed by atoms with Gasteiger partial charge < -0.3 is 5.48 Å². The Morgan fingerprint density at radius 2 is 1.00 bits per heavy atom. The van der Waals surface area contributed by atoms with Crippen LogP contribution in [-0.2, 0) is 21.7 Å². The average Bonchev–Trinajstić information content (AvgIpc) is 0. The number of rotatable bonds is 0. The summed E-state index contributed by atoms with van der Waals surface area (Å²) in [7, 11) is 0. The molecule has 0 heterocycles. The van der Waals surface area contributed by atoms with Crippen LogP contribution in [0, 0.1) is 0 Å². The molecule has 0 aromatic heterocycles. The van der Waals surface area contributed by atoms with Crippen LogP contribution in [0.4, 0.5) is 0 Å². The molecule has 0 aromatic carbocycles. The number of hydrogen-bond acceptors (Lipinski definition) is 0. The fraction of sp³-hybridized carbons (Fsp3) is 0. The normalized spacial score (nSPS) is 0. The van der Waals surface area contributed by atoms with Gasteiger partial charge in [-0.05, 0) is 0 Å². The third-order valence-corrected chi connectivity index (χ3v) is 0. The molecule has 7 radical (unpaired) electrons. The van der Waals surface area contributed by atoms with E-state index in [0.29, 0.717) is 0 Å². The molecule has 0 atom stereocenters. The van der Waals surface area contributed by atoms with Gasteiger partial charge >= 0.3 is 0 Å². The molecule has 0 aliphatic rings. The van der Waals surface area contributed by atoms with Crippen LogP contribution in [-0.4, -0.2) is 33.8 Å². The minimum atomic E-state index is 0. The monoisotopic (exact) mass is 121 g/mol. The van der Waals surface area contributed by atoms with Crippen LogP contribution in [0.25, 0.3) is 0 Å². The van der Waals surface area contributed by atoms with E-state index >= 15 is 0 Å². The van der Waals surface area contributed by atoms with E-state index < -0.39 is 0 Å².